The first-order valence-electron chi connectivity index (χ1n) is 15.6. The number of nitrogens with one attached hydrogen (secondary N) is 2. The van der Waals surface area contributed by atoms with Crippen molar-refractivity contribution < 1.29 is 24.0 Å². The molecule has 2 fully saturated rings. The van der Waals surface area contributed by atoms with Crippen LogP contribution >= 0.6 is 23.5 Å². The standard InChI is InChI=1S/C30H44N8O6S2/c31-27-23(14-20(38(41)42)15-24(27)36-25(39)16-45-11-3-9-43-21-5-1-2-6-21)19-7-8-22(13-19)44-10-4-12-46-17-26(40)37-30-28(32)29(33)34-18-35-30/h14-15,18-19,21-22H,1-13,16-17,31-32H2,(H,36,39)(H3,33,34,35,37,40). The second-order valence-electron chi connectivity index (χ2n) is 11.5. The Morgan fingerprint density at radius 2 is 1.54 bits per heavy atom. The predicted octanol–water partition coefficient (Wildman–Crippen LogP) is 4.57. The van der Waals surface area contributed by atoms with Crippen molar-refractivity contribution in [3.8, 4) is 0 Å². The Morgan fingerprint density at radius 1 is 0.891 bits per heavy atom. The third-order valence-electron chi connectivity index (χ3n) is 8.02. The predicted molar refractivity (Wildman–Crippen MR) is 184 cm³/mol. The van der Waals surface area contributed by atoms with Crippen LogP contribution in [0.25, 0.3) is 0 Å². The Labute approximate surface area is 277 Å². The van der Waals surface area contributed by atoms with E-state index < -0.39 is 4.92 Å². The molecule has 14 nitrogen and oxygen atoms in total. The van der Waals surface area contributed by atoms with E-state index in [0.717, 1.165) is 50.0 Å². The maximum atomic E-state index is 12.7. The second kappa shape index (κ2) is 18.1. The number of thioether (sulfide) groups is 2. The van der Waals surface area contributed by atoms with Crippen molar-refractivity contribution in [2.45, 2.75) is 75.9 Å². The summed E-state index contributed by atoms with van der Waals surface area (Å²) < 4.78 is 11.9. The van der Waals surface area contributed by atoms with Gasteiger partial charge in [0.2, 0.25) is 11.8 Å². The normalized spacial score (nSPS) is 18.1. The molecule has 2 aliphatic rings. The summed E-state index contributed by atoms with van der Waals surface area (Å²) >= 11 is 2.97. The summed E-state index contributed by atoms with van der Waals surface area (Å²) in [5, 5.41) is 17.1. The number of nitro benzene ring substituents is 1. The van der Waals surface area contributed by atoms with Crippen LogP contribution in [0.2, 0.25) is 0 Å². The minimum absolute atomic E-state index is 0.00440. The van der Waals surface area contributed by atoms with Crippen molar-refractivity contribution in [2.75, 3.05) is 64.1 Å². The largest absolute Gasteiger partial charge is 0.397 e. The highest BCUT2D eigenvalue weighted by Gasteiger charge is 2.30. The van der Waals surface area contributed by atoms with E-state index in [0.29, 0.717) is 37.0 Å². The number of benzene rings is 1. The van der Waals surface area contributed by atoms with Gasteiger partial charge in [-0.2, -0.15) is 23.5 Å². The van der Waals surface area contributed by atoms with Gasteiger partial charge in [-0.25, -0.2) is 9.97 Å². The quantitative estimate of drug-likeness (QED) is 0.0632. The van der Waals surface area contributed by atoms with Crippen LogP contribution in [0.3, 0.4) is 0 Å². The molecule has 2 amide bonds. The Morgan fingerprint density at radius 3 is 2.22 bits per heavy atom. The Hall–Kier alpha value is -3.34. The molecule has 2 atom stereocenters. The summed E-state index contributed by atoms with van der Waals surface area (Å²) in [4.78, 5) is 43.8. The molecule has 1 aromatic carbocycles. The lowest BCUT2D eigenvalue weighted by molar-refractivity contribution is -0.384. The third-order valence-corrected chi connectivity index (χ3v) is 10.1. The van der Waals surface area contributed by atoms with E-state index in [1.54, 1.807) is 0 Å². The molecule has 1 aromatic heterocycles. The number of nitrogens with zero attached hydrogens (tertiary/aromatic N) is 3. The molecule has 2 saturated carbocycles. The molecule has 252 valence electrons. The number of rotatable bonds is 18. The van der Waals surface area contributed by atoms with Crippen LogP contribution in [0.1, 0.15) is 69.3 Å². The van der Waals surface area contributed by atoms with Gasteiger partial charge >= 0.3 is 0 Å². The van der Waals surface area contributed by atoms with Gasteiger partial charge in [-0.1, -0.05) is 12.8 Å². The van der Waals surface area contributed by atoms with E-state index in [9.17, 15) is 19.7 Å². The Kier molecular flexibility index (Phi) is 14.0. The van der Waals surface area contributed by atoms with Crippen LogP contribution in [0.5, 0.6) is 0 Å². The van der Waals surface area contributed by atoms with Gasteiger partial charge in [0, 0.05) is 25.3 Å². The topological polar surface area (TPSA) is 224 Å². The molecule has 2 unspecified atom stereocenters. The van der Waals surface area contributed by atoms with Crippen LogP contribution in [0.15, 0.2) is 18.5 Å². The van der Waals surface area contributed by atoms with Crippen molar-refractivity contribution in [1.29, 1.82) is 0 Å². The molecule has 8 N–H and O–H groups in total. The highest BCUT2D eigenvalue weighted by Crippen LogP contribution is 2.42. The first-order valence-corrected chi connectivity index (χ1v) is 17.9. The minimum Gasteiger partial charge on any atom is -0.397 e. The average Bonchev–Trinajstić information content (AvgIpc) is 3.72. The van der Waals surface area contributed by atoms with E-state index >= 15 is 0 Å². The average molecular weight is 677 g/mol. The van der Waals surface area contributed by atoms with E-state index in [4.69, 9.17) is 26.7 Å². The Balaban J connectivity index is 1.17. The summed E-state index contributed by atoms with van der Waals surface area (Å²) in [6, 6.07) is 2.85. The molecule has 0 aliphatic heterocycles. The summed E-state index contributed by atoms with van der Waals surface area (Å²) in [6.45, 7) is 1.22. The summed E-state index contributed by atoms with van der Waals surface area (Å²) in [6.07, 6.45) is 10.2. The van der Waals surface area contributed by atoms with E-state index in [2.05, 4.69) is 20.6 Å². The number of aromatic nitrogens is 2. The molecule has 1 heterocycles. The van der Waals surface area contributed by atoms with Gasteiger partial charge in [-0.05, 0) is 67.9 Å². The molecule has 2 aliphatic carbocycles. The van der Waals surface area contributed by atoms with Crippen LogP contribution in [0.4, 0.5) is 34.4 Å². The van der Waals surface area contributed by atoms with Gasteiger partial charge in [0.15, 0.2) is 11.6 Å². The molecular weight excluding hydrogens is 633 g/mol. The molecule has 0 saturated heterocycles. The van der Waals surface area contributed by atoms with Crippen molar-refractivity contribution in [3.63, 3.8) is 0 Å². The highest BCUT2D eigenvalue weighted by atomic mass is 32.2. The minimum atomic E-state index is -0.462. The number of carbonyl (C=O) groups is 2. The van der Waals surface area contributed by atoms with E-state index in [1.165, 1.54) is 54.8 Å². The third kappa shape index (κ3) is 10.9. The van der Waals surface area contributed by atoms with Crippen LogP contribution in [-0.2, 0) is 19.1 Å². The first-order chi connectivity index (χ1) is 22.2. The van der Waals surface area contributed by atoms with Crippen molar-refractivity contribution in [3.05, 3.63) is 34.1 Å². The maximum Gasteiger partial charge on any atom is 0.271 e. The monoisotopic (exact) mass is 676 g/mol. The first kappa shape index (κ1) is 35.5. The number of hydrogen-bond donors (Lipinski definition) is 5. The summed E-state index contributed by atoms with van der Waals surface area (Å²) in [5.74, 6) is 1.78. The molecule has 0 spiro atoms. The lowest BCUT2D eigenvalue weighted by Gasteiger charge is -2.17. The van der Waals surface area contributed by atoms with E-state index in [1.807, 2.05) is 0 Å². The van der Waals surface area contributed by atoms with Crippen LogP contribution in [-0.4, -0.2) is 75.1 Å². The van der Waals surface area contributed by atoms with Gasteiger partial charge in [0.25, 0.3) is 5.69 Å². The van der Waals surface area contributed by atoms with E-state index in [-0.39, 0.29) is 64.0 Å². The molecule has 4 rings (SSSR count). The molecule has 0 bridgehead atoms. The number of amides is 2. The van der Waals surface area contributed by atoms with Crippen molar-refractivity contribution in [2.24, 2.45) is 0 Å². The SMILES string of the molecule is Nc1ncnc(NC(=O)CSCCCOC2CCC(c3cc([N+](=O)[O-])cc(NC(=O)CSCCCOC4CCCC4)c3N)C2)c1N. The fraction of sp³-hybridized carbons (Fsp3) is 0.600. The van der Waals surface area contributed by atoms with Crippen molar-refractivity contribution in [1.82, 2.24) is 9.97 Å². The van der Waals surface area contributed by atoms with Crippen molar-refractivity contribution >= 4 is 69.7 Å². The fourth-order valence-corrected chi connectivity index (χ4v) is 7.10. The number of hydrogen-bond acceptors (Lipinski definition) is 13. The zero-order chi connectivity index (χ0) is 32.9. The Bertz CT molecular complexity index is 1350. The number of anilines is 5. The van der Waals surface area contributed by atoms with Gasteiger partial charge in [0.05, 0.1) is 40.0 Å². The molecule has 46 heavy (non-hydrogen) atoms. The van der Waals surface area contributed by atoms with Gasteiger partial charge in [0.1, 0.15) is 12.0 Å². The molecule has 0 radical (unpaired) electrons. The number of nitrogens with two attached hydrogens (primary N) is 3. The van der Waals surface area contributed by atoms with Crippen LogP contribution in [0, 0.1) is 10.1 Å². The van der Waals surface area contributed by atoms with Gasteiger partial charge in [-0.3, -0.25) is 19.7 Å². The van der Waals surface area contributed by atoms with Crippen LogP contribution < -0.4 is 27.8 Å². The zero-order valence-electron chi connectivity index (χ0n) is 25.9. The molecular formula is C30H44N8O6S2. The lowest BCUT2D eigenvalue weighted by Crippen LogP contribution is -2.17. The number of nitrogen functional groups attached to an aromatic ring is 3. The smallest absolute Gasteiger partial charge is 0.271 e. The second-order valence-corrected chi connectivity index (χ2v) is 13.7. The number of carbonyl (C=O) groups excluding carboxylic acids is 2. The molecule has 2 aromatic rings. The highest BCUT2D eigenvalue weighted by molar-refractivity contribution is 8.00. The number of non-ortho nitro benzene ring substituents is 1. The summed E-state index contributed by atoms with van der Waals surface area (Å²) in [7, 11) is 0. The lowest BCUT2D eigenvalue weighted by atomic mass is 9.94. The van der Waals surface area contributed by atoms with Gasteiger partial charge in [-0.15, -0.1) is 0 Å². The molecule has 16 heteroatoms. The van der Waals surface area contributed by atoms with Gasteiger partial charge < -0.3 is 37.3 Å². The zero-order valence-corrected chi connectivity index (χ0v) is 27.5. The number of nitro groups is 1. The maximum absolute atomic E-state index is 12.7. The summed E-state index contributed by atoms with van der Waals surface area (Å²) in [5.41, 5.74) is 19.2. The number of ether oxygens (including phenoxy) is 2. The fourth-order valence-electron chi connectivity index (χ4n) is 5.65.